The molecule has 0 aliphatic heterocycles. The minimum absolute atomic E-state index is 0.0982. The lowest BCUT2D eigenvalue weighted by atomic mass is 10.1. The van der Waals surface area contributed by atoms with Crippen LogP contribution in [-0.4, -0.2) is 31.6 Å². The molecule has 106 valence electrons. The third kappa shape index (κ3) is 5.11. The van der Waals surface area contributed by atoms with Crippen molar-refractivity contribution in [1.82, 2.24) is 4.98 Å². The summed E-state index contributed by atoms with van der Waals surface area (Å²) in [5.41, 5.74) is 0.642. The van der Waals surface area contributed by atoms with Crippen LogP contribution >= 0.6 is 7.60 Å². The Bertz CT molecular complexity index is 543. The molecular formula is C12H19N2O4P. The molecule has 0 amide bonds. The van der Waals surface area contributed by atoms with Crippen LogP contribution in [0.2, 0.25) is 0 Å². The van der Waals surface area contributed by atoms with Gasteiger partial charge < -0.3 is 14.9 Å². The fourth-order valence-electron chi connectivity index (χ4n) is 1.40. The van der Waals surface area contributed by atoms with Gasteiger partial charge in [0.2, 0.25) is 0 Å². The van der Waals surface area contributed by atoms with Gasteiger partial charge in [-0.25, -0.2) is 0 Å². The Labute approximate surface area is 112 Å². The van der Waals surface area contributed by atoms with Gasteiger partial charge in [0.25, 0.3) is 0 Å². The zero-order chi connectivity index (χ0) is 14.8. The molecule has 0 aromatic carbocycles. The van der Waals surface area contributed by atoms with Crippen LogP contribution in [0.1, 0.15) is 37.6 Å². The number of aryl methyl sites for hydroxylation is 1. The van der Waals surface area contributed by atoms with Crippen LogP contribution in [0.25, 0.3) is 0 Å². The first-order valence-electron chi connectivity index (χ1n) is 5.77. The zero-order valence-corrected chi connectivity index (χ0v) is 12.3. The molecule has 0 radical (unpaired) electrons. The van der Waals surface area contributed by atoms with E-state index in [0.29, 0.717) is 11.3 Å². The predicted octanol–water partition coefficient (Wildman–Crippen LogP) is 1.99. The topological polar surface area (TPSA) is 103 Å². The fraction of sp³-hybridized carbons (Fsp3) is 0.500. The first-order chi connectivity index (χ1) is 8.49. The molecule has 6 nitrogen and oxygen atoms in total. The van der Waals surface area contributed by atoms with Crippen molar-refractivity contribution in [3.63, 3.8) is 0 Å². The lowest BCUT2D eigenvalue weighted by Crippen LogP contribution is -2.10. The molecule has 0 bridgehead atoms. The van der Waals surface area contributed by atoms with Crippen molar-refractivity contribution < 1.29 is 19.5 Å². The molecule has 0 fully saturated rings. The van der Waals surface area contributed by atoms with E-state index < -0.39 is 13.8 Å². The van der Waals surface area contributed by atoms with E-state index in [1.54, 1.807) is 6.92 Å². The molecule has 1 aromatic heterocycles. The van der Waals surface area contributed by atoms with E-state index in [2.05, 4.69) is 9.98 Å². The smallest absolute Gasteiger partial charge is 0.329 e. The van der Waals surface area contributed by atoms with E-state index in [-0.39, 0.29) is 16.9 Å². The molecule has 0 spiro atoms. The molecule has 0 saturated heterocycles. The van der Waals surface area contributed by atoms with Gasteiger partial charge in [-0.1, -0.05) is 0 Å². The van der Waals surface area contributed by atoms with Gasteiger partial charge in [0.15, 0.2) is 0 Å². The number of aromatic hydroxyl groups is 1. The second kappa shape index (κ2) is 5.41. The average molecular weight is 286 g/mol. The second-order valence-corrected chi connectivity index (χ2v) is 7.03. The Balaban J connectivity index is 3.29. The number of aromatic nitrogens is 1. The summed E-state index contributed by atoms with van der Waals surface area (Å²) in [6.45, 7) is 7.27. The van der Waals surface area contributed by atoms with E-state index in [9.17, 15) is 9.67 Å². The minimum Gasteiger partial charge on any atom is -0.505 e. The molecule has 3 N–H and O–H groups in total. The Hall–Kier alpha value is -1.23. The molecular weight excluding hydrogens is 267 g/mol. The maximum Gasteiger partial charge on any atom is 0.329 e. The van der Waals surface area contributed by atoms with E-state index in [1.807, 2.05) is 20.8 Å². The summed E-state index contributed by atoms with van der Waals surface area (Å²) in [6.07, 6.45) is 2.33. The third-order valence-corrected chi connectivity index (χ3v) is 3.07. The molecule has 1 aromatic rings. The van der Waals surface area contributed by atoms with Gasteiger partial charge in [0.05, 0.1) is 17.4 Å². The van der Waals surface area contributed by atoms with Crippen LogP contribution < -0.4 is 0 Å². The van der Waals surface area contributed by atoms with Crippen LogP contribution in [-0.2, 0) is 10.7 Å². The van der Waals surface area contributed by atoms with Gasteiger partial charge in [0, 0.05) is 18.0 Å². The van der Waals surface area contributed by atoms with Crippen LogP contribution in [0.3, 0.4) is 0 Å². The molecule has 0 aliphatic carbocycles. The first kappa shape index (κ1) is 15.8. The highest BCUT2D eigenvalue weighted by atomic mass is 31.2. The highest BCUT2D eigenvalue weighted by Gasteiger charge is 2.20. The largest absolute Gasteiger partial charge is 0.505 e. The number of pyridine rings is 1. The Morgan fingerprint density at radius 3 is 2.47 bits per heavy atom. The van der Waals surface area contributed by atoms with Crippen LogP contribution in [0.4, 0.5) is 0 Å². The molecule has 0 atom stereocenters. The summed E-state index contributed by atoms with van der Waals surface area (Å²) in [4.78, 5) is 26.2. The average Bonchev–Trinajstić information content (AvgIpc) is 2.19. The summed E-state index contributed by atoms with van der Waals surface area (Å²) >= 11 is 0. The number of hydrogen-bond donors (Lipinski definition) is 3. The van der Waals surface area contributed by atoms with Crippen molar-refractivity contribution in [2.75, 3.05) is 0 Å². The van der Waals surface area contributed by atoms with Crippen LogP contribution in [0.5, 0.6) is 5.75 Å². The lowest BCUT2D eigenvalue weighted by molar-refractivity contribution is 0.371. The van der Waals surface area contributed by atoms with Crippen molar-refractivity contribution in [3.05, 3.63) is 23.0 Å². The van der Waals surface area contributed by atoms with Gasteiger partial charge in [-0.3, -0.25) is 14.5 Å². The van der Waals surface area contributed by atoms with Crippen molar-refractivity contribution >= 4 is 13.8 Å². The van der Waals surface area contributed by atoms with Gasteiger partial charge in [-0.05, 0) is 33.3 Å². The zero-order valence-electron chi connectivity index (χ0n) is 11.5. The number of aliphatic imine (C=N–C) groups is 1. The van der Waals surface area contributed by atoms with Gasteiger partial charge in [0.1, 0.15) is 5.75 Å². The Morgan fingerprint density at radius 2 is 2.00 bits per heavy atom. The maximum atomic E-state index is 11.1. The van der Waals surface area contributed by atoms with E-state index in [1.165, 1.54) is 12.4 Å². The minimum atomic E-state index is -4.23. The molecule has 0 saturated carbocycles. The third-order valence-electron chi connectivity index (χ3n) is 2.32. The van der Waals surface area contributed by atoms with Crippen molar-refractivity contribution in [2.24, 2.45) is 4.99 Å². The second-order valence-electron chi connectivity index (χ2n) is 5.38. The van der Waals surface area contributed by atoms with E-state index in [0.717, 1.165) is 0 Å². The highest BCUT2D eigenvalue weighted by Crippen LogP contribution is 2.40. The van der Waals surface area contributed by atoms with Crippen LogP contribution in [0.15, 0.2) is 11.2 Å². The van der Waals surface area contributed by atoms with Gasteiger partial charge >= 0.3 is 7.60 Å². The van der Waals surface area contributed by atoms with Crippen molar-refractivity contribution in [1.29, 1.82) is 0 Å². The summed E-state index contributed by atoms with van der Waals surface area (Å²) in [7, 11) is -4.23. The number of nitrogens with zero attached hydrogens (tertiary/aromatic N) is 2. The van der Waals surface area contributed by atoms with E-state index >= 15 is 0 Å². The van der Waals surface area contributed by atoms with Crippen molar-refractivity contribution in [3.8, 4) is 5.75 Å². The molecule has 1 rings (SSSR count). The fourth-order valence-corrected chi connectivity index (χ4v) is 2.10. The monoisotopic (exact) mass is 286 g/mol. The molecule has 0 aliphatic rings. The predicted molar refractivity (Wildman–Crippen MR) is 73.7 cm³/mol. The molecule has 1 heterocycles. The van der Waals surface area contributed by atoms with Crippen LogP contribution in [0, 0.1) is 6.92 Å². The summed E-state index contributed by atoms with van der Waals surface area (Å²) < 4.78 is 11.1. The lowest BCUT2D eigenvalue weighted by Gasteiger charge is -2.14. The summed E-state index contributed by atoms with van der Waals surface area (Å²) in [5, 5.41) is 9.97. The summed E-state index contributed by atoms with van der Waals surface area (Å²) in [5.74, 6) is -0.0982. The van der Waals surface area contributed by atoms with E-state index in [4.69, 9.17) is 9.79 Å². The number of rotatable bonds is 3. The van der Waals surface area contributed by atoms with Gasteiger partial charge in [-0.2, -0.15) is 0 Å². The van der Waals surface area contributed by atoms with Crippen molar-refractivity contribution in [2.45, 2.75) is 39.4 Å². The highest BCUT2D eigenvalue weighted by molar-refractivity contribution is 7.50. The van der Waals surface area contributed by atoms with Gasteiger partial charge in [-0.15, -0.1) is 0 Å². The number of hydrogen-bond acceptors (Lipinski definition) is 4. The SMILES string of the molecule is Cc1ncc(CP(=O)(O)O)c(/C=N\C(C)(C)C)c1O. The summed E-state index contributed by atoms with van der Waals surface area (Å²) in [6, 6.07) is 0. The normalized spacial score (nSPS) is 13.2. The molecule has 0 unspecified atom stereocenters. The standard InChI is InChI=1S/C12H19N2O4P/c1-8-11(15)10(6-14-12(2,3)4)9(5-13-8)7-19(16,17)18/h5-6,15H,7H2,1-4H3,(H2,16,17,18)/b14-6-. The molecule has 7 heteroatoms. The Kier molecular flexibility index (Phi) is 4.50. The Morgan fingerprint density at radius 1 is 1.42 bits per heavy atom. The molecule has 19 heavy (non-hydrogen) atoms. The first-order valence-corrected chi connectivity index (χ1v) is 7.56. The quantitative estimate of drug-likeness (QED) is 0.582. The maximum absolute atomic E-state index is 11.1.